The van der Waals surface area contributed by atoms with Crippen LogP contribution in [0.5, 0.6) is 0 Å². The molecule has 4 rings (SSSR count). The second-order valence-electron chi connectivity index (χ2n) is 6.01. The Labute approximate surface area is 159 Å². The maximum absolute atomic E-state index is 12.9. The third kappa shape index (κ3) is 2.84. The summed E-state index contributed by atoms with van der Waals surface area (Å²) in [6.07, 6.45) is 0. The lowest BCUT2D eigenvalue weighted by Crippen LogP contribution is -2.10. The van der Waals surface area contributed by atoms with Crippen LogP contribution < -0.4 is 5.32 Å². The molecule has 0 spiro atoms. The Hall–Kier alpha value is -2.15. The van der Waals surface area contributed by atoms with Gasteiger partial charge in [-0.3, -0.25) is 0 Å². The van der Waals surface area contributed by atoms with Crippen LogP contribution in [-0.2, 0) is 20.6 Å². The predicted octanol–water partition coefficient (Wildman–Crippen LogP) is 4.70. The fourth-order valence-electron chi connectivity index (χ4n) is 2.81. The van der Waals surface area contributed by atoms with Crippen molar-refractivity contribution >= 4 is 43.6 Å². The molecule has 1 unspecified atom stereocenters. The van der Waals surface area contributed by atoms with Crippen molar-refractivity contribution < 1.29 is 12.6 Å². The summed E-state index contributed by atoms with van der Waals surface area (Å²) in [5, 5.41) is 3.70. The molecule has 1 heterocycles. The first-order chi connectivity index (χ1) is 12.4. The molecule has 26 heavy (non-hydrogen) atoms. The molecule has 1 aliphatic rings. The van der Waals surface area contributed by atoms with Gasteiger partial charge in [-0.25, -0.2) is 12.6 Å². The van der Waals surface area contributed by atoms with Gasteiger partial charge in [0.2, 0.25) is 9.84 Å². The van der Waals surface area contributed by atoms with Gasteiger partial charge in [0.1, 0.15) is 0 Å². The highest BCUT2D eigenvalue weighted by atomic mass is 35.5. The number of nitrogens with one attached hydrogen (secondary N) is 1. The predicted molar refractivity (Wildman–Crippen MR) is 102 cm³/mol. The second-order valence-corrected chi connectivity index (χ2v) is 9.81. The Morgan fingerprint density at radius 2 is 1.54 bits per heavy atom. The standard InChI is InChI=1S/C19H14ClNO3S2/c1-12-2-5-14(6-3-12)26(23,24)15-7-8-16-19(11-15)25(22)18-9-4-13(20)10-17(18)21-16/h2-11,21H,1H3. The van der Waals surface area contributed by atoms with Crippen molar-refractivity contribution in [2.45, 2.75) is 26.5 Å². The fourth-order valence-corrected chi connectivity index (χ4v) is 5.63. The summed E-state index contributed by atoms with van der Waals surface area (Å²) < 4.78 is 38.7. The first-order valence-electron chi connectivity index (χ1n) is 7.80. The first-order valence-corrected chi connectivity index (χ1v) is 10.8. The van der Waals surface area contributed by atoms with E-state index in [1.54, 1.807) is 48.5 Å². The zero-order chi connectivity index (χ0) is 18.5. The number of aryl methyl sites for hydroxylation is 1. The van der Waals surface area contributed by atoms with Crippen LogP contribution in [0.4, 0.5) is 11.4 Å². The lowest BCUT2D eigenvalue weighted by molar-refractivity contribution is 0.596. The van der Waals surface area contributed by atoms with Gasteiger partial charge in [-0.15, -0.1) is 0 Å². The number of anilines is 2. The van der Waals surface area contributed by atoms with E-state index in [0.29, 0.717) is 26.2 Å². The van der Waals surface area contributed by atoms with Gasteiger partial charge in [-0.05, 0) is 55.5 Å². The van der Waals surface area contributed by atoms with Gasteiger partial charge in [0.15, 0.2) is 0 Å². The van der Waals surface area contributed by atoms with Gasteiger partial charge in [-0.2, -0.15) is 0 Å². The number of hydrogen-bond acceptors (Lipinski definition) is 4. The Kier molecular flexibility index (Phi) is 4.14. The number of hydrogen-bond donors (Lipinski definition) is 1. The summed E-state index contributed by atoms with van der Waals surface area (Å²) in [7, 11) is -5.17. The molecule has 0 aliphatic carbocycles. The molecule has 0 saturated heterocycles. The summed E-state index contributed by atoms with van der Waals surface area (Å²) in [5.74, 6) is 0. The Morgan fingerprint density at radius 3 is 2.27 bits per heavy atom. The molecule has 0 saturated carbocycles. The van der Waals surface area contributed by atoms with E-state index in [4.69, 9.17) is 11.6 Å². The molecule has 3 aromatic carbocycles. The van der Waals surface area contributed by atoms with Crippen LogP contribution in [-0.4, -0.2) is 12.6 Å². The van der Waals surface area contributed by atoms with E-state index >= 15 is 0 Å². The van der Waals surface area contributed by atoms with E-state index in [9.17, 15) is 12.6 Å². The molecular weight excluding hydrogens is 390 g/mol. The van der Waals surface area contributed by atoms with E-state index in [-0.39, 0.29) is 9.79 Å². The minimum absolute atomic E-state index is 0.118. The Balaban J connectivity index is 1.81. The zero-order valence-corrected chi connectivity index (χ0v) is 16.1. The Morgan fingerprint density at radius 1 is 0.846 bits per heavy atom. The minimum Gasteiger partial charge on any atom is -0.353 e. The largest absolute Gasteiger partial charge is 0.353 e. The third-order valence-corrected chi connectivity index (χ3v) is 7.70. The van der Waals surface area contributed by atoms with Crippen molar-refractivity contribution in [2.24, 2.45) is 0 Å². The third-order valence-electron chi connectivity index (χ3n) is 4.21. The molecule has 0 aromatic heterocycles. The van der Waals surface area contributed by atoms with E-state index < -0.39 is 20.6 Å². The number of rotatable bonds is 2. The van der Waals surface area contributed by atoms with Crippen LogP contribution in [0.25, 0.3) is 0 Å². The van der Waals surface area contributed by atoms with E-state index in [1.165, 1.54) is 12.1 Å². The van der Waals surface area contributed by atoms with Crippen LogP contribution in [0.3, 0.4) is 0 Å². The number of benzene rings is 3. The molecule has 1 atom stereocenters. The first kappa shape index (κ1) is 17.3. The van der Waals surface area contributed by atoms with Crippen molar-refractivity contribution in [1.29, 1.82) is 0 Å². The normalized spacial score (nSPS) is 15.7. The van der Waals surface area contributed by atoms with Crippen molar-refractivity contribution in [1.82, 2.24) is 0 Å². The van der Waals surface area contributed by atoms with E-state index in [1.807, 2.05) is 6.92 Å². The molecule has 0 amide bonds. The van der Waals surface area contributed by atoms with Crippen molar-refractivity contribution in [3.05, 3.63) is 71.2 Å². The SMILES string of the molecule is Cc1ccc(S(=O)(=O)c2ccc3c(c2)S(=O)c2ccc(Cl)cc2N3)cc1. The summed E-state index contributed by atoms with van der Waals surface area (Å²) in [6, 6.07) is 16.4. The summed E-state index contributed by atoms with van der Waals surface area (Å²) in [4.78, 5) is 1.34. The highest BCUT2D eigenvalue weighted by Crippen LogP contribution is 2.39. The lowest BCUT2D eigenvalue weighted by Gasteiger charge is -2.21. The van der Waals surface area contributed by atoms with Crippen LogP contribution in [0.15, 0.2) is 80.2 Å². The molecule has 1 aliphatic heterocycles. The van der Waals surface area contributed by atoms with Crippen LogP contribution >= 0.6 is 11.6 Å². The minimum atomic E-state index is -3.68. The maximum Gasteiger partial charge on any atom is 0.206 e. The number of fused-ring (bicyclic) bond motifs is 2. The van der Waals surface area contributed by atoms with Gasteiger partial charge in [-0.1, -0.05) is 29.3 Å². The topological polar surface area (TPSA) is 63.2 Å². The van der Waals surface area contributed by atoms with Crippen LogP contribution in [0.2, 0.25) is 5.02 Å². The van der Waals surface area contributed by atoms with Crippen LogP contribution in [0, 0.1) is 6.92 Å². The van der Waals surface area contributed by atoms with E-state index in [2.05, 4.69) is 5.32 Å². The molecule has 7 heteroatoms. The smallest absolute Gasteiger partial charge is 0.206 e. The number of sulfone groups is 1. The molecule has 0 bridgehead atoms. The van der Waals surface area contributed by atoms with Crippen molar-refractivity contribution in [2.75, 3.05) is 5.32 Å². The summed E-state index contributed by atoms with van der Waals surface area (Å²) in [6.45, 7) is 1.90. The Bertz CT molecular complexity index is 1160. The van der Waals surface area contributed by atoms with Gasteiger partial charge >= 0.3 is 0 Å². The van der Waals surface area contributed by atoms with Crippen molar-refractivity contribution in [3.8, 4) is 0 Å². The van der Waals surface area contributed by atoms with Gasteiger partial charge in [0.25, 0.3) is 0 Å². The van der Waals surface area contributed by atoms with E-state index in [0.717, 1.165) is 5.56 Å². The molecule has 0 fully saturated rings. The maximum atomic E-state index is 12.9. The summed E-state index contributed by atoms with van der Waals surface area (Å²) in [5.41, 5.74) is 2.26. The zero-order valence-electron chi connectivity index (χ0n) is 13.7. The second kappa shape index (κ2) is 6.23. The highest BCUT2D eigenvalue weighted by molar-refractivity contribution is 7.91. The quantitative estimate of drug-likeness (QED) is 0.526. The van der Waals surface area contributed by atoms with Crippen LogP contribution in [0.1, 0.15) is 5.56 Å². The van der Waals surface area contributed by atoms with Gasteiger partial charge in [0, 0.05) is 5.02 Å². The number of halogens is 1. The van der Waals surface area contributed by atoms with Gasteiger partial charge in [0.05, 0.1) is 41.8 Å². The average Bonchev–Trinajstić information content (AvgIpc) is 2.61. The molecule has 1 N–H and O–H groups in total. The van der Waals surface area contributed by atoms with Gasteiger partial charge < -0.3 is 5.32 Å². The molecular formula is C19H14ClNO3S2. The lowest BCUT2D eigenvalue weighted by atomic mass is 10.2. The highest BCUT2D eigenvalue weighted by Gasteiger charge is 2.25. The molecule has 4 nitrogen and oxygen atoms in total. The fraction of sp³-hybridized carbons (Fsp3) is 0.0526. The van der Waals surface area contributed by atoms with Crippen molar-refractivity contribution in [3.63, 3.8) is 0 Å². The molecule has 0 radical (unpaired) electrons. The monoisotopic (exact) mass is 403 g/mol. The molecule has 3 aromatic rings. The summed E-state index contributed by atoms with van der Waals surface area (Å²) >= 11 is 6.00. The molecule has 132 valence electrons. The average molecular weight is 404 g/mol.